The first-order valence-corrected chi connectivity index (χ1v) is 13.0. The molecule has 2 aliphatic carbocycles. The third-order valence-corrected chi connectivity index (χ3v) is 8.62. The van der Waals surface area contributed by atoms with E-state index in [9.17, 15) is 16.8 Å². The van der Waals surface area contributed by atoms with Crippen molar-refractivity contribution in [3.05, 3.63) is 58.7 Å². The molecule has 0 saturated carbocycles. The van der Waals surface area contributed by atoms with Gasteiger partial charge in [0.1, 0.15) is 0 Å². The minimum Gasteiger partial charge on any atom is -0.211 e. The zero-order chi connectivity index (χ0) is 20.5. The summed E-state index contributed by atoms with van der Waals surface area (Å²) in [5.74, 6) is 0. The van der Waals surface area contributed by atoms with E-state index in [2.05, 4.69) is 9.44 Å². The van der Waals surface area contributed by atoms with Gasteiger partial charge in [-0.15, -0.1) is 0 Å². The Morgan fingerprint density at radius 1 is 0.621 bits per heavy atom. The van der Waals surface area contributed by atoms with Crippen molar-refractivity contribution in [2.45, 2.75) is 54.7 Å². The van der Waals surface area contributed by atoms with E-state index in [4.69, 9.17) is 0 Å². The summed E-state index contributed by atoms with van der Waals surface area (Å²) in [4.78, 5) is 0.550. The summed E-state index contributed by atoms with van der Waals surface area (Å²) in [6, 6.07) is 10.6. The molecule has 0 aliphatic heterocycles. The van der Waals surface area contributed by atoms with Crippen molar-refractivity contribution in [3.8, 4) is 0 Å². The molecule has 2 aromatic rings. The van der Waals surface area contributed by atoms with Crippen LogP contribution in [0.25, 0.3) is 0 Å². The van der Waals surface area contributed by atoms with Crippen LogP contribution in [0.3, 0.4) is 0 Å². The van der Waals surface area contributed by atoms with Gasteiger partial charge in [-0.1, -0.05) is 12.1 Å². The maximum Gasteiger partial charge on any atom is 0.240 e. The second kappa shape index (κ2) is 8.18. The Hall–Kier alpha value is -1.74. The van der Waals surface area contributed by atoms with Gasteiger partial charge >= 0.3 is 0 Å². The van der Waals surface area contributed by atoms with Gasteiger partial charge in [-0.25, -0.2) is 26.3 Å². The monoisotopic (exact) mass is 434 g/mol. The predicted molar refractivity (Wildman–Crippen MR) is 112 cm³/mol. The lowest BCUT2D eigenvalue weighted by Crippen LogP contribution is -2.30. The quantitative estimate of drug-likeness (QED) is 0.624. The molecule has 0 spiro atoms. The van der Waals surface area contributed by atoms with E-state index in [1.165, 1.54) is 11.1 Å². The molecule has 6 nitrogen and oxygen atoms in total. The van der Waals surface area contributed by atoms with Gasteiger partial charge in [-0.3, -0.25) is 0 Å². The minimum atomic E-state index is -3.58. The fraction of sp³-hybridized carbons (Fsp3) is 0.429. The molecule has 0 aromatic heterocycles. The molecule has 0 heterocycles. The average molecular weight is 435 g/mol. The average Bonchev–Trinajstić information content (AvgIpc) is 3.35. The number of benzene rings is 2. The zero-order valence-corrected chi connectivity index (χ0v) is 17.9. The zero-order valence-electron chi connectivity index (χ0n) is 16.3. The van der Waals surface area contributed by atoms with Crippen LogP contribution in [0, 0.1) is 0 Å². The molecule has 156 valence electrons. The van der Waals surface area contributed by atoms with Crippen molar-refractivity contribution in [1.82, 2.24) is 9.44 Å². The molecule has 0 saturated heterocycles. The number of sulfonamides is 2. The van der Waals surface area contributed by atoms with Crippen LogP contribution in [0.15, 0.2) is 46.2 Å². The molecule has 0 amide bonds. The Labute approximate surface area is 172 Å². The maximum atomic E-state index is 12.5. The van der Waals surface area contributed by atoms with Gasteiger partial charge in [-0.2, -0.15) is 0 Å². The molecule has 0 fully saturated rings. The largest absolute Gasteiger partial charge is 0.240 e. The third kappa shape index (κ3) is 4.55. The molecule has 0 atom stereocenters. The molecular formula is C21H26N2O4S2. The highest BCUT2D eigenvalue weighted by Crippen LogP contribution is 2.25. The molecule has 8 heteroatoms. The predicted octanol–water partition coefficient (Wildman–Crippen LogP) is 2.31. The number of aryl methyl sites for hydroxylation is 4. The highest BCUT2D eigenvalue weighted by atomic mass is 32.2. The van der Waals surface area contributed by atoms with E-state index in [0.717, 1.165) is 49.7 Å². The fourth-order valence-electron chi connectivity index (χ4n) is 4.10. The lowest BCUT2D eigenvalue weighted by atomic mass is 10.1. The Morgan fingerprint density at radius 3 is 1.48 bits per heavy atom. The second-order valence-corrected chi connectivity index (χ2v) is 11.3. The molecule has 2 N–H and O–H groups in total. The Balaban J connectivity index is 1.29. The molecule has 4 rings (SSSR count). The summed E-state index contributed by atoms with van der Waals surface area (Å²) in [5.41, 5.74) is 4.67. The smallest absolute Gasteiger partial charge is 0.211 e. The van der Waals surface area contributed by atoms with E-state index in [1.807, 2.05) is 12.1 Å². The van der Waals surface area contributed by atoms with Gasteiger partial charge in [0.25, 0.3) is 0 Å². The highest BCUT2D eigenvalue weighted by molar-refractivity contribution is 7.89. The van der Waals surface area contributed by atoms with E-state index in [0.29, 0.717) is 6.42 Å². The van der Waals surface area contributed by atoms with E-state index < -0.39 is 20.0 Å². The molecule has 0 unspecified atom stereocenters. The highest BCUT2D eigenvalue weighted by Gasteiger charge is 2.19. The lowest BCUT2D eigenvalue weighted by Gasteiger charge is -2.10. The van der Waals surface area contributed by atoms with Crippen LogP contribution < -0.4 is 9.44 Å². The van der Waals surface area contributed by atoms with Crippen LogP contribution in [-0.4, -0.2) is 29.9 Å². The van der Waals surface area contributed by atoms with Gasteiger partial charge in [0.15, 0.2) is 0 Å². The number of fused-ring (bicyclic) bond motifs is 2. The molecule has 2 aromatic carbocycles. The van der Waals surface area contributed by atoms with Gasteiger partial charge in [-0.05, 0) is 91.5 Å². The van der Waals surface area contributed by atoms with Crippen LogP contribution >= 0.6 is 0 Å². The van der Waals surface area contributed by atoms with Crippen molar-refractivity contribution in [2.24, 2.45) is 0 Å². The fourth-order valence-corrected chi connectivity index (χ4v) is 6.35. The van der Waals surface area contributed by atoms with Gasteiger partial charge in [0, 0.05) is 13.1 Å². The molecule has 0 radical (unpaired) electrons. The van der Waals surface area contributed by atoms with Gasteiger partial charge in [0.2, 0.25) is 20.0 Å². The van der Waals surface area contributed by atoms with Crippen LogP contribution in [0.5, 0.6) is 0 Å². The van der Waals surface area contributed by atoms with Crippen LogP contribution in [0.2, 0.25) is 0 Å². The Kier molecular flexibility index (Phi) is 5.79. The lowest BCUT2D eigenvalue weighted by molar-refractivity contribution is 0.572. The van der Waals surface area contributed by atoms with Crippen LogP contribution in [-0.2, 0) is 45.7 Å². The summed E-state index contributed by atoms with van der Waals surface area (Å²) in [6.07, 6.45) is 6.36. The first-order chi connectivity index (χ1) is 13.9. The molecule has 0 bridgehead atoms. The molecule has 2 aliphatic rings. The van der Waals surface area contributed by atoms with Crippen LogP contribution in [0.4, 0.5) is 0 Å². The standard InChI is InChI=1S/C21H26N2O4S2/c24-28(25,20-10-8-16-4-1-6-18(16)14-20)22-12-3-13-23-29(26,27)21-11-9-17-5-2-7-19(17)15-21/h8-11,14-15,22-23H,1-7,12-13H2. The second-order valence-electron chi connectivity index (χ2n) is 7.72. The first-order valence-electron chi connectivity index (χ1n) is 10.1. The summed E-state index contributed by atoms with van der Waals surface area (Å²) >= 11 is 0. The van der Waals surface area contributed by atoms with Crippen molar-refractivity contribution in [3.63, 3.8) is 0 Å². The van der Waals surface area contributed by atoms with Crippen LogP contribution in [0.1, 0.15) is 41.5 Å². The SMILES string of the molecule is O=S(=O)(NCCCNS(=O)(=O)c1ccc2c(c1)CCC2)c1ccc2c(c1)CCC2. The van der Waals surface area contributed by atoms with E-state index in [1.54, 1.807) is 24.3 Å². The van der Waals surface area contributed by atoms with Crippen molar-refractivity contribution >= 4 is 20.0 Å². The number of hydrogen-bond donors (Lipinski definition) is 2. The summed E-state index contributed by atoms with van der Waals surface area (Å²) in [5, 5.41) is 0. The number of hydrogen-bond acceptors (Lipinski definition) is 4. The molecular weight excluding hydrogens is 408 g/mol. The summed E-state index contributed by atoms with van der Waals surface area (Å²) < 4.78 is 55.0. The molecule has 29 heavy (non-hydrogen) atoms. The van der Waals surface area contributed by atoms with Gasteiger partial charge in [0.05, 0.1) is 9.79 Å². The third-order valence-electron chi connectivity index (χ3n) is 5.70. The van der Waals surface area contributed by atoms with Crippen molar-refractivity contribution in [1.29, 1.82) is 0 Å². The number of nitrogens with one attached hydrogen (secondary N) is 2. The number of rotatable bonds is 8. The van der Waals surface area contributed by atoms with Gasteiger partial charge < -0.3 is 0 Å². The summed E-state index contributed by atoms with van der Waals surface area (Å²) in [6.45, 7) is 0.345. The Bertz CT molecular complexity index is 1040. The maximum absolute atomic E-state index is 12.5. The first kappa shape index (κ1) is 20.5. The van der Waals surface area contributed by atoms with E-state index in [-0.39, 0.29) is 22.9 Å². The topological polar surface area (TPSA) is 92.3 Å². The van der Waals surface area contributed by atoms with Crippen molar-refractivity contribution < 1.29 is 16.8 Å². The summed E-state index contributed by atoms with van der Waals surface area (Å²) in [7, 11) is -7.17. The van der Waals surface area contributed by atoms with Crippen molar-refractivity contribution in [2.75, 3.05) is 13.1 Å². The van der Waals surface area contributed by atoms with E-state index >= 15 is 0 Å². The Morgan fingerprint density at radius 2 is 1.03 bits per heavy atom. The normalized spacial score (nSPS) is 16.0. The minimum absolute atomic E-state index is 0.173.